The van der Waals surface area contributed by atoms with Crippen LogP contribution in [0, 0.1) is 0 Å². The molecule has 0 fully saturated rings. The van der Waals surface area contributed by atoms with Gasteiger partial charge in [0.15, 0.2) is 0 Å². The normalized spacial score (nSPS) is 10.3. The molecule has 0 saturated heterocycles. The maximum absolute atomic E-state index is 12.6. The van der Waals surface area contributed by atoms with Crippen molar-refractivity contribution in [2.75, 3.05) is 19.5 Å². The number of anilines is 1. The van der Waals surface area contributed by atoms with E-state index in [4.69, 9.17) is 9.47 Å². The molecule has 2 aromatic carbocycles. The van der Waals surface area contributed by atoms with Gasteiger partial charge >= 0.3 is 0 Å². The van der Waals surface area contributed by atoms with Crippen molar-refractivity contribution >= 4 is 28.8 Å². The summed E-state index contributed by atoms with van der Waals surface area (Å²) in [7, 11) is 3.06. The van der Waals surface area contributed by atoms with Gasteiger partial charge in [-0.05, 0) is 41.3 Å². The van der Waals surface area contributed by atoms with Crippen LogP contribution in [0.4, 0.5) is 5.69 Å². The molecule has 29 heavy (non-hydrogen) atoms. The van der Waals surface area contributed by atoms with E-state index in [1.54, 1.807) is 48.8 Å². The second kappa shape index (κ2) is 9.75. The Balaban J connectivity index is 1.57. The maximum atomic E-state index is 12.6. The van der Waals surface area contributed by atoms with Gasteiger partial charge in [0.2, 0.25) is 5.91 Å². The van der Waals surface area contributed by atoms with E-state index in [0.29, 0.717) is 29.3 Å². The second-order valence-corrected chi connectivity index (χ2v) is 7.28. The lowest BCUT2D eigenvalue weighted by Gasteiger charge is -2.11. The van der Waals surface area contributed by atoms with E-state index in [-0.39, 0.29) is 18.2 Å². The van der Waals surface area contributed by atoms with Crippen molar-refractivity contribution in [3.8, 4) is 11.5 Å². The lowest BCUT2D eigenvalue weighted by Crippen LogP contribution is -2.24. The van der Waals surface area contributed by atoms with Crippen molar-refractivity contribution in [2.24, 2.45) is 0 Å². The quantitative estimate of drug-likeness (QED) is 0.591. The van der Waals surface area contributed by atoms with Crippen LogP contribution < -0.4 is 20.1 Å². The second-order valence-electron chi connectivity index (χ2n) is 6.25. The molecule has 0 unspecified atom stereocenters. The van der Waals surface area contributed by atoms with Crippen LogP contribution in [0.3, 0.4) is 0 Å². The van der Waals surface area contributed by atoms with Crippen LogP contribution in [0.5, 0.6) is 11.5 Å². The van der Waals surface area contributed by atoms with Crippen LogP contribution in [0.1, 0.15) is 20.8 Å². The van der Waals surface area contributed by atoms with Crippen molar-refractivity contribution in [3.05, 3.63) is 76.0 Å². The molecule has 0 saturated carbocycles. The summed E-state index contributed by atoms with van der Waals surface area (Å²) in [6, 6.07) is 16.2. The third-order valence-corrected chi connectivity index (χ3v) is 5.15. The highest BCUT2D eigenvalue weighted by atomic mass is 32.1. The van der Waals surface area contributed by atoms with Gasteiger partial charge in [-0.1, -0.05) is 18.2 Å². The topological polar surface area (TPSA) is 76.7 Å². The van der Waals surface area contributed by atoms with Gasteiger partial charge < -0.3 is 20.1 Å². The smallest absolute Gasteiger partial charge is 0.259 e. The molecule has 150 valence electrons. The van der Waals surface area contributed by atoms with Crippen molar-refractivity contribution in [1.82, 2.24) is 5.32 Å². The number of carbonyl (C=O) groups is 2. The summed E-state index contributed by atoms with van der Waals surface area (Å²) in [5.41, 5.74) is 1.91. The molecule has 7 heteroatoms. The number of thiophene rings is 1. The zero-order valence-electron chi connectivity index (χ0n) is 16.2. The SMILES string of the molecule is COc1ccc(C(=O)Nc2ccc(CC(=O)NCc3cccs3)cc2)c(OC)c1. The standard InChI is InChI=1S/C22H22N2O4S/c1-27-17-9-10-19(20(13-17)28-2)22(26)24-16-7-5-15(6-8-16)12-21(25)23-14-18-4-3-11-29-18/h3-11,13H,12,14H2,1-2H3,(H,23,25)(H,24,26). The molecule has 2 N–H and O–H groups in total. The summed E-state index contributed by atoms with van der Waals surface area (Å²) in [5, 5.41) is 7.72. The number of hydrogen-bond donors (Lipinski definition) is 2. The number of hydrogen-bond acceptors (Lipinski definition) is 5. The number of amides is 2. The van der Waals surface area contributed by atoms with Crippen molar-refractivity contribution in [3.63, 3.8) is 0 Å². The Bertz CT molecular complexity index is 969. The zero-order valence-corrected chi connectivity index (χ0v) is 17.0. The fourth-order valence-corrected chi connectivity index (χ4v) is 3.38. The van der Waals surface area contributed by atoms with E-state index in [9.17, 15) is 9.59 Å². The third kappa shape index (κ3) is 5.58. The van der Waals surface area contributed by atoms with Gasteiger partial charge in [-0.2, -0.15) is 0 Å². The van der Waals surface area contributed by atoms with E-state index < -0.39 is 0 Å². The first-order chi connectivity index (χ1) is 14.1. The minimum atomic E-state index is -0.286. The molecule has 1 aromatic heterocycles. The van der Waals surface area contributed by atoms with Gasteiger partial charge in [-0.15, -0.1) is 11.3 Å². The number of benzene rings is 2. The molecule has 0 atom stereocenters. The molecule has 3 aromatic rings. The van der Waals surface area contributed by atoms with Gasteiger partial charge in [0.05, 0.1) is 32.7 Å². The fraction of sp³-hybridized carbons (Fsp3) is 0.182. The third-order valence-electron chi connectivity index (χ3n) is 4.27. The Morgan fingerprint density at radius 1 is 1.00 bits per heavy atom. The minimum Gasteiger partial charge on any atom is -0.497 e. The van der Waals surface area contributed by atoms with Gasteiger partial charge in [-0.25, -0.2) is 0 Å². The minimum absolute atomic E-state index is 0.0434. The van der Waals surface area contributed by atoms with Crippen LogP contribution in [0.2, 0.25) is 0 Å². The molecule has 0 spiro atoms. The first-order valence-corrected chi connectivity index (χ1v) is 9.88. The Labute approximate surface area is 173 Å². The molecule has 0 aliphatic rings. The van der Waals surface area contributed by atoms with Gasteiger partial charge in [-0.3, -0.25) is 9.59 Å². The van der Waals surface area contributed by atoms with E-state index in [1.165, 1.54) is 7.11 Å². The highest BCUT2D eigenvalue weighted by Crippen LogP contribution is 2.25. The largest absolute Gasteiger partial charge is 0.497 e. The van der Waals surface area contributed by atoms with Crippen LogP contribution >= 0.6 is 11.3 Å². The summed E-state index contributed by atoms with van der Waals surface area (Å²) in [6.45, 7) is 0.536. The summed E-state index contributed by atoms with van der Waals surface area (Å²) >= 11 is 1.61. The molecule has 3 rings (SSSR count). The van der Waals surface area contributed by atoms with Gasteiger partial charge in [0, 0.05) is 16.6 Å². The average molecular weight is 410 g/mol. The number of ether oxygens (including phenoxy) is 2. The van der Waals surface area contributed by atoms with E-state index in [2.05, 4.69) is 10.6 Å². The first kappa shape index (κ1) is 20.4. The van der Waals surface area contributed by atoms with Crippen LogP contribution in [-0.2, 0) is 17.8 Å². The lowest BCUT2D eigenvalue weighted by molar-refractivity contribution is -0.120. The first-order valence-electron chi connectivity index (χ1n) is 9.00. The fourth-order valence-electron chi connectivity index (χ4n) is 2.74. The predicted molar refractivity (Wildman–Crippen MR) is 114 cm³/mol. The van der Waals surface area contributed by atoms with Crippen LogP contribution in [0.25, 0.3) is 0 Å². The molecular formula is C22H22N2O4S. The number of rotatable bonds is 8. The molecule has 0 aliphatic carbocycles. The highest BCUT2D eigenvalue weighted by Gasteiger charge is 2.14. The van der Waals surface area contributed by atoms with E-state index >= 15 is 0 Å². The zero-order chi connectivity index (χ0) is 20.6. The van der Waals surface area contributed by atoms with Gasteiger partial charge in [0.25, 0.3) is 5.91 Å². The molecule has 0 aliphatic heterocycles. The monoisotopic (exact) mass is 410 g/mol. The average Bonchev–Trinajstić information content (AvgIpc) is 3.27. The van der Waals surface area contributed by atoms with Crippen LogP contribution in [0.15, 0.2) is 60.0 Å². The van der Waals surface area contributed by atoms with E-state index in [1.807, 2.05) is 29.6 Å². The highest BCUT2D eigenvalue weighted by molar-refractivity contribution is 7.09. The molecular weight excluding hydrogens is 388 g/mol. The molecule has 0 bridgehead atoms. The summed E-state index contributed by atoms with van der Waals surface area (Å²) < 4.78 is 10.4. The van der Waals surface area contributed by atoms with Crippen molar-refractivity contribution < 1.29 is 19.1 Å². The van der Waals surface area contributed by atoms with Crippen molar-refractivity contribution in [1.29, 1.82) is 0 Å². The van der Waals surface area contributed by atoms with E-state index in [0.717, 1.165) is 10.4 Å². The van der Waals surface area contributed by atoms with Crippen molar-refractivity contribution in [2.45, 2.75) is 13.0 Å². The Hall–Kier alpha value is -3.32. The molecule has 6 nitrogen and oxygen atoms in total. The predicted octanol–water partition coefficient (Wildman–Crippen LogP) is 3.88. The summed E-state index contributed by atoms with van der Waals surface area (Å²) in [5.74, 6) is 0.713. The molecule has 1 heterocycles. The Morgan fingerprint density at radius 3 is 2.45 bits per heavy atom. The number of nitrogens with one attached hydrogen (secondary N) is 2. The number of carbonyl (C=O) groups excluding carboxylic acids is 2. The van der Waals surface area contributed by atoms with Crippen LogP contribution in [-0.4, -0.2) is 26.0 Å². The maximum Gasteiger partial charge on any atom is 0.259 e. The Morgan fingerprint density at radius 2 is 1.79 bits per heavy atom. The summed E-state index contributed by atoms with van der Waals surface area (Å²) in [6.07, 6.45) is 0.284. The van der Waals surface area contributed by atoms with Gasteiger partial charge in [0.1, 0.15) is 11.5 Å². The Kier molecular flexibility index (Phi) is 6.86. The lowest BCUT2D eigenvalue weighted by atomic mass is 10.1. The summed E-state index contributed by atoms with van der Waals surface area (Å²) in [4.78, 5) is 25.8. The molecule has 2 amide bonds. The molecule has 0 radical (unpaired) electrons. The number of methoxy groups -OCH3 is 2.